The van der Waals surface area contributed by atoms with Crippen molar-refractivity contribution in [1.82, 2.24) is 5.32 Å². The Morgan fingerprint density at radius 3 is 1.25 bits per heavy atom. The summed E-state index contributed by atoms with van der Waals surface area (Å²) in [6.07, 6.45) is 35.9. The topological polar surface area (TPSA) is 47.6 Å². The van der Waals surface area contributed by atoms with Crippen molar-refractivity contribution in [2.75, 3.05) is 33.5 Å². The first kappa shape index (κ1) is 39.4. The standard InChI is InChI=1S/C36H73NO3/c1-4-6-8-10-12-14-16-18-20-22-24-26-29-35(36(38)37-31-28-32-40-34-33-39-3)30-27-25-23-21-19-17-15-13-11-9-7-5-2/h35H,4-34H2,1-3H3,(H,37,38). The van der Waals surface area contributed by atoms with Crippen LogP contribution in [0.4, 0.5) is 0 Å². The predicted molar refractivity (Wildman–Crippen MR) is 175 cm³/mol. The third kappa shape index (κ3) is 30.4. The highest BCUT2D eigenvalue weighted by molar-refractivity contribution is 5.78. The monoisotopic (exact) mass is 568 g/mol. The maximum absolute atomic E-state index is 13.0. The highest BCUT2D eigenvalue weighted by Crippen LogP contribution is 2.20. The molecule has 0 fully saturated rings. The Kier molecular flexibility index (Phi) is 34.1. The first-order valence-corrected chi connectivity index (χ1v) is 18.1. The fraction of sp³-hybridized carbons (Fsp3) is 0.972. The number of unbranched alkanes of at least 4 members (excludes halogenated alkanes) is 22. The number of methoxy groups -OCH3 is 1. The molecule has 0 saturated heterocycles. The summed E-state index contributed by atoms with van der Waals surface area (Å²) in [6, 6.07) is 0. The lowest BCUT2D eigenvalue weighted by molar-refractivity contribution is -0.125. The molecule has 0 aliphatic rings. The van der Waals surface area contributed by atoms with E-state index in [2.05, 4.69) is 19.2 Å². The van der Waals surface area contributed by atoms with Crippen LogP contribution in [-0.2, 0) is 14.3 Å². The predicted octanol–water partition coefficient (Wildman–Crippen LogP) is 11.0. The molecule has 4 nitrogen and oxygen atoms in total. The lowest BCUT2D eigenvalue weighted by Crippen LogP contribution is -2.32. The van der Waals surface area contributed by atoms with Gasteiger partial charge in [-0.3, -0.25) is 4.79 Å². The van der Waals surface area contributed by atoms with Crippen molar-refractivity contribution < 1.29 is 14.3 Å². The summed E-state index contributed by atoms with van der Waals surface area (Å²) in [4.78, 5) is 13.0. The van der Waals surface area contributed by atoms with Gasteiger partial charge in [0.25, 0.3) is 0 Å². The molecule has 0 bridgehead atoms. The number of ether oxygens (including phenoxy) is 2. The van der Waals surface area contributed by atoms with E-state index in [1.807, 2.05) is 0 Å². The van der Waals surface area contributed by atoms with Gasteiger partial charge < -0.3 is 14.8 Å². The van der Waals surface area contributed by atoms with Crippen LogP contribution in [0.15, 0.2) is 0 Å². The summed E-state index contributed by atoms with van der Waals surface area (Å²) in [6.45, 7) is 7.25. The van der Waals surface area contributed by atoms with Crippen LogP contribution in [0.5, 0.6) is 0 Å². The first-order chi connectivity index (χ1) is 19.8. The van der Waals surface area contributed by atoms with Gasteiger partial charge in [-0.05, 0) is 19.3 Å². The van der Waals surface area contributed by atoms with E-state index in [-0.39, 0.29) is 11.8 Å². The van der Waals surface area contributed by atoms with Gasteiger partial charge >= 0.3 is 0 Å². The Morgan fingerprint density at radius 1 is 0.500 bits per heavy atom. The van der Waals surface area contributed by atoms with Crippen LogP contribution < -0.4 is 5.32 Å². The van der Waals surface area contributed by atoms with Crippen molar-refractivity contribution in [1.29, 1.82) is 0 Å². The Hall–Kier alpha value is -0.610. The first-order valence-electron chi connectivity index (χ1n) is 18.1. The molecule has 0 rings (SSSR count). The fourth-order valence-corrected chi connectivity index (χ4v) is 5.64. The molecular formula is C36H73NO3. The second-order valence-electron chi connectivity index (χ2n) is 12.3. The van der Waals surface area contributed by atoms with E-state index in [1.165, 1.54) is 154 Å². The van der Waals surface area contributed by atoms with Crippen LogP contribution in [-0.4, -0.2) is 39.4 Å². The van der Waals surface area contributed by atoms with Crippen molar-refractivity contribution in [2.45, 2.75) is 187 Å². The van der Waals surface area contributed by atoms with Gasteiger partial charge in [-0.15, -0.1) is 0 Å². The van der Waals surface area contributed by atoms with E-state index in [9.17, 15) is 4.79 Å². The quantitative estimate of drug-likeness (QED) is 0.0787. The number of rotatable bonds is 34. The Bertz CT molecular complexity index is 457. The van der Waals surface area contributed by atoms with E-state index in [1.54, 1.807) is 7.11 Å². The summed E-state index contributed by atoms with van der Waals surface area (Å²) in [5.74, 6) is 0.476. The number of carbonyl (C=O) groups excluding carboxylic acids is 1. The molecule has 0 radical (unpaired) electrons. The van der Waals surface area contributed by atoms with E-state index in [0.717, 1.165) is 25.8 Å². The molecule has 0 heterocycles. The minimum atomic E-state index is 0.195. The third-order valence-electron chi connectivity index (χ3n) is 8.38. The normalized spacial score (nSPS) is 11.5. The van der Waals surface area contributed by atoms with Crippen molar-refractivity contribution >= 4 is 5.91 Å². The molecular weight excluding hydrogens is 494 g/mol. The van der Waals surface area contributed by atoms with Gasteiger partial charge in [-0.2, -0.15) is 0 Å². The highest BCUT2D eigenvalue weighted by atomic mass is 16.5. The van der Waals surface area contributed by atoms with Gasteiger partial charge in [-0.1, -0.05) is 168 Å². The molecule has 0 atom stereocenters. The minimum Gasteiger partial charge on any atom is -0.382 e. The molecule has 1 amide bonds. The summed E-state index contributed by atoms with van der Waals surface area (Å²) < 4.78 is 10.6. The molecule has 0 aliphatic heterocycles. The lowest BCUT2D eigenvalue weighted by Gasteiger charge is -2.17. The van der Waals surface area contributed by atoms with Crippen LogP contribution in [0, 0.1) is 5.92 Å². The molecule has 4 heteroatoms. The van der Waals surface area contributed by atoms with Gasteiger partial charge in [0.1, 0.15) is 0 Å². The molecule has 0 spiro atoms. The van der Waals surface area contributed by atoms with Gasteiger partial charge in [0.2, 0.25) is 5.91 Å². The lowest BCUT2D eigenvalue weighted by atomic mass is 9.93. The molecule has 0 saturated carbocycles. The highest BCUT2D eigenvalue weighted by Gasteiger charge is 2.17. The SMILES string of the molecule is CCCCCCCCCCCCCCC(CCCCCCCCCCCCCC)C(=O)NCCCOCCOC. The zero-order valence-corrected chi connectivity index (χ0v) is 27.7. The number of amides is 1. The average Bonchev–Trinajstić information content (AvgIpc) is 2.96. The zero-order valence-electron chi connectivity index (χ0n) is 27.7. The summed E-state index contributed by atoms with van der Waals surface area (Å²) >= 11 is 0. The molecule has 40 heavy (non-hydrogen) atoms. The summed E-state index contributed by atoms with van der Waals surface area (Å²) in [5, 5.41) is 3.21. The number of carbonyl (C=O) groups is 1. The third-order valence-corrected chi connectivity index (χ3v) is 8.38. The van der Waals surface area contributed by atoms with Gasteiger partial charge in [-0.25, -0.2) is 0 Å². The maximum atomic E-state index is 13.0. The Labute approximate surface area is 251 Å². The largest absolute Gasteiger partial charge is 0.382 e. The smallest absolute Gasteiger partial charge is 0.223 e. The Balaban J connectivity index is 4.01. The average molecular weight is 568 g/mol. The van der Waals surface area contributed by atoms with E-state index >= 15 is 0 Å². The van der Waals surface area contributed by atoms with Crippen molar-refractivity contribution in [3.63, 3.8) is 0 Å². The number of hydrogen-bond acceptors (Lipinski definition) is 3. The molecule has 0 aromatic heterocycles. The van der Waals surface area contributed by atoms with Gasteiger partial charge in [0, 0.05) is 26.2 Å². The van der Waals surface area contributed by atoms with Crippen LogP contribution in [0.3, 0.4) is 0 Å². The minimum absolute atomic E-state index is 0.195. The number of hydrogen-bond donors (Lipinski definition) is 1. The van der Waals surface area contributed by atoms with Gasteiger partial charge in [0.15, 0.2) is 0 Å². The zero-order chi connectivity index (χ0) is 29.2. The van der Waals surface area contributed by atoms with Crippen LogP contribution in [0.1, 0.15) is 187 Å². The number of nitrogens with one attached hydrogen (secondary N) is 1. The van der Waals surface area contributed by atoms with Gasteiger partial charge in [0.05, 0.1) is 13.2 Å². The molecule has 0 aliphatic carbocycles. The van der Waals surface area contributed by atoms with Crippen molar-refractivity contribution in [3.05, 3.63) is 0 Å². The van der Waals surface area contributed by atoms with Crippen LogP contribution >= 0.6 is 0 Å². The van der Waals surface area contributed by atoms with Crippen LogP contribution in [0.25, 0.3) is 0 Å². The Morgan fingerprint density at radius 2 is 0.875 bits per heavy atom. The van der Waals surface area contributed by atoms with E-state index < -0.39 is 0 Å². The summed E-state index contributed by atoms with van der Waals surface area (Å²) in [7, 11) is 1.69. The van der Waals surface area contributed by atoms with E-state index in [4.69, 9.17) is 9.47 Å². The molecule has 1 N–H and O–H groups in total. The molecule has 0 unspecified atom stereocenters. The molecule has 0 aromatic rings. The van der Waals surface area contributed by atoms with Crippen molar-refractivity contribution in [3.8, 4) is 0 Å². The molecule has 0 aromatic carbocycles. The fourth-order valence-electron chi connectivity index (χ4n) is 5.64. The van der Waals surface area contributed by atoms with Crippen molar-refractivity contribution in [2.24, 2.45) is 5.92 Å². The van der Waals surface area contributed by atoms with Crippen LogP contribution in [0.2, 0.25) is 0 Å². The second kappa shape index (κ2) is 34.6. The van der Waals surface area contributed by atoms with E-state index in [0.29, 0.717) is 19.8 Å². The summed E-state index contributed by atoms with van der Waals surface area (Å²) in [5.41, 5.74) is 0. The second-order valence-corrected chi connectivity index (χ2v) is 12.3. The maximum Gasteiger partial charge on any atom is 0.223 e. The molecule has 240 valence electrons.